The van der Waals surface area contributed by atoms with Gasteiger partial charge in [-0.25, -0.2) is 0 Å². The highest BCUT2D eigenvalue weighted by Crippen LogP contribution is 2.09. The molecular formula is C12H21N5O. The van der Waals surface area contributed by atoms with Gasteiger partial charge in [-0.05, 0) is 19.3 Å². The lowest BCUT2D eigenvalue weighted by Crippen LogP contribution is -2.37. The molecule has 0 atom stereocenters. The van der Waals surface area contributed by atoms with Gasteiger partial charge < -0.3 is 14.8 Å². The predicted octanol–water partition coefficient (Wildman–Crippen LogP) is 0.307. The van der Waals surface area contributed by atoms with Gasteiger partial charge in [-0.1, -0.05) is 0 Å². The normalized spacial score (nSPS) is 15.9. The van der Waals surface area contributed by atoms with Crippen LogP contribution in [-0.4, -0.2) is 45.2 Å². The third kappa shape index (κ3) is 3.53. The largest absolute Gasteiger partial charge is 0.343 e. The minimum Gasteiger partial charge on any atom is -0.343 e. The Labute approximate surface area is 107 Å². The number of piperidine rings is 1. The molecule has 2 rings (SSSR count). The molecule has 1 N–H and O–H groups in total. The molecule has 0 unspecified atom stereocenters. The fraction of sp³-hybridized carbons (Fsp3) is 0.750. The molecule has 0 radical (unpaired) electrons. The van der Waals surface area contributed by atoms with Crippen molar-refractivity contribution in [3.8, 4) is 0 Å². The highest BCUT2D eigenvalue weighted by atomic mass is 16.2. The van der Waals surface area contributed by atoms with Crippen LogP contribution in [0.4, 0.5) is 0 Å². The number of rotatable bonds is 5. The van der Waals surface area contributed by atoms with E-state index in [0.717, 1.165) is 31.8 Å². The first-order valence-corrected chi connectivity index (χ1v) is 6.59. The van der Waals surface area contributed by atoms with Gasteiger partial charge >= 0.3 is 0 Å². The predicted molar refractivity (Wildman–Crippen MR) is 67.8 cm³/mol. The second-order valence-corrected chi connectivity index (χ2v) is 4.73. The topological polar surface area (TPSA) is 63.1 Å². The number of nitrogens with one attached hydrogen (secondary N) is 1. The molecule has 18 heavy (non-hydrogen) atoms. The summed E-state index contributed by atoms with van der Waals surface area (Å²) in [5.41, 5.74) is 0. The quantitative estimate of drug-likeness (QED) is 0.765. The zero-order valence-corrected chi connectivity index (χ0v) is 10.9. The summed E-state index contributed by atoms with van der Waals surface area (Å²) in [4.78, 5) is 13.9. The molecule has 1 amide bonds. The summed E-state index contributed by atoms with van der Waals surface area (Å²) in [7, 11) is 1.91. The Morgan fingerprint density at radius 2 is 2.17 bits per heavy atom. The molecule has 1 aromatic heterocycles. The first kappa shape index (κ1) is 13.0. The van der Waals surface area contributed by atoms with Crippen LogP contribution in [0.5, 0.6) is 0 Å². The molecule has 1 saturated heterocycles. The highest BCUT2D eigenvalue weighted by Gasteiger charge is 2.15. The lowest BCUT2D eigenvalue weighted by molar-refractivity contribution is -0.131. The van der Waals surface area contributed by atoms with Gasteiger partial charge in [0.15, 0.2) is 0 Å². The van der Waals surface area contributed by atoms with E-state index >= 15 is 0 Å². The van der Waals surface area contributed by atoms with E-state index in [1.165, 1.54) is 6.42 Å². The van der Waals surface area contributed by atoms with Crippen molar-refractivity contribution in [2.24, 2.45) is 7.05 Å². The number of carbonyl (C=O) groups excluding carboxylic acids is 1. The van der Waals surface area contributed by atoms with Crippen LogP contribution in [0, 0.1) is 0 Å². The van der Waals surface area contributed by atoms with Gasteiger partial charge in [0.1, 0.15) is 12.2 Å². The number of amides is 1. The monoisotopic (exact) mass is 251 g/mol. The summed E-state index contributed by atoms with van der Waals surface area (Å²) in [6, 6.07) is 0. The number of aromatic nitrogens is 3. The summed E-state index contributed by atoms with van der Waals surface area (Å²) >= 11 is 0. The van der Waals surface area contributed by atoms with Gasteiger partial charge in [0, 0.05) is 33.1 Å². The Morgan fingerprint density at radius 1 is 1.39 bits per heavy atom. The maximum absolute atomic E-state index is 11.9. The summed E-state index contributed by atoms with van der Waals surface area (Å²) < 4.78 is 1.87. The van der Waals surface area contributed by atoms with E-state index in [1.54, 1.807) is 6.33 Å². The molecule has 1 aromatic rings. The van der Waals surface area contributed by atoms with Crippen molar-refractivity contribution in [1.29, 1.82) is 0 Å². The molecule has 1 aliphatic heterocycles. The molecule has 0 bridgehead atoms. The van der Waals surface area contributed by atoms with Crippen molar-refractivity contribution in [2.75, 3.05) is 19.6 Å². The molecular weight excluding hydrogens is 230 g/mol. The average molecular weight is 251 g/mol. The second-order valence-electron chi connectivity index (χ2n) is 4.73. The number of nitrogens with zero attached hydrogens (tertiary/aromatic N) is 4. The van der Waals surface area contributed by atoms with Crippen molar-refractivity contribution in [1.82, 2.24) is 25.0 Å². The molecule has 0 saturated carbocycles. The van der Waals surface area contributed by atoms with E-state index in [9.17, 15) is 4.79 Å². The van der Waals surface area contributed by atoms with E-state index in [2.05, 4.69) is 15.5 Å². The van der Waals surface area contributed by atoms with Crippen molar-refractivity contribution < 1.29 is 4.79 Å². The lowest BCUT2D eigenvalue weighted by Gasteiger charge is -2.26. The van der Waals surface area contributed by atoms with Gasteiger partial charge in [-0.15, -0.1) is 10.2 Å². The number of likely N-dealkylation sites (tertiary alicyclic amines) is 1. The molecule has 1 aliphatic rings. The smallest absolute Gasteiger partial charge is 0.223 e. The molecule has 6 heteroatoms. The third-order valence-electron chi connectivity index (χ3n) is 3.31. The van der Waals surface area contributed by atoms with E-state index in [0.29, 0.717) is 19.5 Å². The standard InChI is InChI=1S/C12H21N5O/c1-16-10-14-15-11(16)9-13-6-5-12(18)17-7-3-2-4-8-17/h10,13H,2-9H2,1H3. The van der Waals surface area contributed by atoms with Gasteiger partial charge in [-0.3, -0.25) is 4.79 Å². The van der Waals surface area contributed by atoms with Crippen molar-refractivity contribution in [3.63, 3.8) is 0 Å². The molecule has 2 heterocycles. The number of hydrogen-bond donors (Lipinski definition) is 1. The van der Waals surface area contributed by atoms with Gasteiger partial charge in [0.2, 0.25) is 5.91 Å². The zero-order valence-electron chi connectivity index (χ0n) is 10.9. The van der Waals surface area contributed by atoms with Crippen molar-refractivity contribution in [3.05, 3.63) is 12.2 Å². The third-order valence-corrected chi connectivity index (χ3v) is 3.31. The summed E-state index contributed by atoms with van der Waals surface area (Å²) in [6.07, 6.45) is 5.80. The Hall–Kier alpha value is -1.43. The van der Waals surface area contributed by atoms with Crippen LogP contribution in [-0.2, 0) is 18.4 Å². The second kappa shape index (κ2) is 6.49. The SMILES string of the molecule is Cn1cnnc1CNCCC(=O)N1CCCCC1. The molecule has 1 fully saturated rings. The first-order valence-electron chi connectivity index (χ1n) is 6.59. The summed E-state index contributed by atoms with van der Waals surface area (Å²) in [6.45, 7) is 3.22. The minimum atomic E-state index is 0.264. The summed E-state index contributed by atoms with van der Waals surface area (Å²) in [5.74, 6) is 1.15. The summed E-state index contributed by atoms with van der Waals surface area (Å²) in [5, 5.41) is 11.0. The highest BCUT2D eigenvalue weighted by molar-refractivity contribution is 5.76. The van der Waals surface area contributed by atoms with Crippen LogP contribution >= 0.6 is 0 Å². The van der Waals surface area contributed by atoms with Crippen LogP contribution in [0.15, 0.2) is 6.33 Å². The van der Waals surface area contributed by atoms with Gasteiger partial charge in [0.25, 0.3) is 0 Å². The number of carbonyl (C=O) groups is 1. The van der Waals surface area contributed by atoms with Crippen LogP contribution < -0.4 is 5.32 Å². The zero-order chi connectivity index (χ0) is 12.8. The average Bonchev–Trinajstić information content (AvgIpc) is 2.81. The molecule has 0 spiro atoms. The van der Waals surface area contributed by atoms with Crippen LogP contribution in [0.2, 0.25) is 0 Å². The Balaban J connectivity index is 1.63. The van der Waals surface area contributed by atoms with E-state index in [1.807, 2.05) is 16.5 Å². The molecule has 6 nitrogen and oxygen atoms in total. The van der Waals surface area contributed by atoms with E-state index in [-0.39, 0.29) is 5.91 Å². The fourth-order valence-corrected chi connectivity index (χ4v) is 2.16. The Kier molecular flexibility index (Phi) is 4.69. The van der Waals surface area contributed by atoms with Crippen LogP contribution in [0.3, 0.4) is 0 Å². The van der Waals surface area contributed by atoms with Crippen LogP contribution in [0.25, 0.3) is 0 Å². The van der Waals surface area contributed by atoms with Gasteiger partial charge in [0.05, 0.1) is 6.54 Å². The van der Waals surface area contributed by atoms with Crippen molar-refractivity contribution >= 4 is 5.91 Å². The van der Waals surface area contributed by atoms with E-state index in [4.69, 9.17) is 0 Å². The molecule has 100 valence electrons. The first-order chi connectivity index (χ1) is 8.77. The molecule has 0 aromatic carbocycles. The van der Waals surface area contributed by atoms with Gasteiger partial charge in [-0.2, -0.15) is 0 Å². The number of hydrogen-bond acceptors (Lipinski definition) is 4. The maximum atomic E-state index is 11.9. The van der Waals surface area contributed by atoms with E-state index < -0.39 is 0 Å². The lowest BCUT2D eigenvalue weighted by atomic mass is 10.1. The fourth-order valence-electron chi connectivity index (χ4n) is 2.16. The van der Waals surface area contributed by atoms with Crippen LogP contribution in [0.1, 0.15) is 31.5 Å². The maximum Gasteiger partial charge on any atom is 0.223 e. The Morgan fingerprint density at radius 3 is 2.83 bits per heavy atom. The minimum absolute atomic E-state index is 0.264. The number of aryl methyl sites for hydroxylation is 1. The molecule has 0 aliphatic carbocycles. The van der Waals surface area contributed by atoms with Crippen molar-refractivity contribution in [2.45, 2.75) is 32.2 Å². The Bertz CT molecular complexity index is 384.